The summed E-state index contributed by atoms with van der Waals surface area (Å²) in [5.41, 5.74) is 0. The predicted octanol–water partition coefficient (Wildman–Crippen LogP) is 6.43. The van der Waals surface area contributed by atoms with E-state index in [9.17, 15) is 35.5 Å². The minimum Gasteiger partial charge on any atom is -0.465 e. The van der Waals surface area contributed by atoms with Gasteiger partial charge in [0.25, 0.3) is 20.2 Å². The molecule has 0 aliphatic heterocycles. The number of esters is 2. The van der Waals surface area contributed by atoms with Crippen LogP contribution in [0.5, 0.6) is 0 Å². The van der Waals surface area contributed by atoms with E-state index < -0.39 is 42.7 Å². The highest BCUT2D eigenvalue weighted by molar-refractivity contribution is 7.91. The first kappa shape index (κ1) is 38.8. The molecule has 12 heteroatoms. The predicted molar refractivity (Wildman–Crippen MR) is 156 cm³/mol. The van der Waals surface area contributed by atoms with Crippen molar-refractivity contribution in [1.82, 2.24) is 0 Å². The molecule has 40 heavy (non-hydrogen) atoms. The van der Waals surface area contributed by atoms with E-state index in [4.69, 9.17) is 9.47 Å². The lowest BCUT2D eigenvalue weighted by molar-refractivity contribution is -0.149. The zero-order valence-electron chi connectivity index (χ0n) is 24.7. The SMILES string of the molecule is CCCCCCCCCCCCOC(=O)C(C(C(=O)OCCCCCCCCCCCC)S(=O)(=O)O)S(=O)(=O)O. The molecule has 0 aromatic rings. The third-order valence-corrected chi connectivity index (χ3v) is 9.25. The Kier molecular flexibility index (Phi) is 22.6. The fourth-order valence-corrected chi connectivity index (χ4v) is 6.80. The van der Waals surface area contributed by atoms with Gasteiger partial charge in [0, 0.05) is 0 Å². The molecule has 0 aromatic heterocycles. The molecule has 0 fully saturated rings. The summed E-state index contributed by atoms with van der Waals surface area (Å²) in [5.74, 6) is -3.26. The van der Waals surface area contributed by atoms with Crippen LogP contribution in [0.15, 0.2) is 0 Å². The molecule has 0 aliphatic carbocycles. The zero-order valence-corrected chi connectivity index (χ0v) is 26.3. The molecule has 2 atom stereocenters. The van der Waals surface area contributed by atoms with Crippen LogP contribution in [0.2, 0.25) is 0 Å². The summed E-state index contributed by atoms with van der Waals surface area (Å²) in [6, 6.07) is 0. The van der Waals surface area contributed by atoms with Gasteiger partial charge in [0.05, 0.1) is 13.2 Å². The summed E-state index contributed by atoms with van der Waals surface area (Å²) in [7, 11) is -10.8. The molecule has 10 nitrogen and oxygen atoms in total. The van der Waals surface area contributed by atoms with E-state index in [1.54, 1.807) is 0 Å². The molecule has 0 amide bonds. The molecule has 0 spiro atoms. The van der Waals surface area contributed by atoms with Crippen LogP contribution in [0, 0.1) is 0 Å². The van der Waals surface area contributed by atoms with Gasteiger partial charge in [-0.25, -0.2) is 0 Å². The summed E-state index contributed by atoms with van der Waals surface area (Å²) in [6.45, 7) is 3.90. The molecule has 2 unspecified atom stereocenters. The van der Waals surface area contributed by atoms with E-state index in [2.05, 4.69) is 13.8 Å². The Bertz CT molecular complexity index is 800. The second-order valence-corrected chi connectivity index (χ2v) is 13.6. The summed E-state index contributed by atoms with van der Waals surface area (Å²) < 4.78 is 76.5. The third kappa shape index (κ3) is 19.8. The summed E-state index contributed by atoms with van der Waals surface area (Å²) in [4.78, 5) is 24.9. The zero-order chi connectivity index (χ0) is 30.3. The van der Waals surface area contributed by atoms with Crippen LogP contribution >= 0.6 is 0 Å². The fraction of sp³-hybridized carbons (Fsp3) is 0.929. The Labute approximate surface area is 242 Å². The average Bonchev–Trinajstić information content (AvgIpc) is 2.87. The number of hydrogen-bond acceptors (Lipinski definition) is 8. The molecule has 0 bridgehead atoms. The Hall–Kier alpha value is -1.24. The van der Waals surface area contributed by atoms with Crippen LogP contribution in [-0.2, 0) is 39.3 Å². The summed E-state index contributed by atoms with van der Waals surface area (Å²) >= 11 is 0. The topological polar surface area (TPSA) is 161 Å². The average molecular weight is 615 g/mol. The minimum absolute atomic E-state index is 0.215. The maximum absolute atomic E-state index is 12.5. The largest absolute Gasteiger partial charge is 0.465 e. The molecule has 0 aromatic carbocycles. The van der Waals surface area contributed by atoms with Gasteiger partial charge in [-0.05, 0) is 12.8 Å². The van der Waals surface area contributed by atoms with E-state index in [-0.39, 0.29) is 13.2 Å². The standard InChI is InChI=1S/C28H54O10S2/c1-3-5-7-9-11-13-15-17-19-21-23-37-27(29)25(39(31,32)33)26(40(34,35)36)28(30)38-24-22-20-18-16-14-12-10-8-6-4-2/h25-26H,3-24H2,1-2H3,(H,31,32,33)(H,34,35,36). The molecule has 0 rings (SSSR count). The van der Waals surface area contributed by atoms with E-state index in [0.717, 1.165) is 51.4 Å². The second-order valence-electron chi connectivity index (χ2n) is 10.6. The molecule has 0 aliphatic rings. The van der Waals surface area contributed by atoms with Crippen molar-refractivity contribution in [2.24, 2.45) is 0 Å². The van der Waals surface area contributed by atoms with Crippen molar-refractivity contribution in [2.75, 3.05) is 13.2 Å². The Morgan fingerprint density at radius 3 is 0.925 bits per heavy atom. The third-order valence-electron chi connectivity index (χ3n) is 6.87. The molecular weight excluding hydrogens is 560 g/mol. The van der Waals surface area contributed by atoms with Crippen molar-refractivity contribution >= 4 is 32.2 Å². The Balaban J connectivity index is 4.60. The van der Waals surface area contributed by atoms with Crippen LogP contribution in [0.3, 0.4) is 0 Å². The molecule has 238 valence electrons. The molecule has 2 N–H and O–H groups in total. The number of unbranched alkanes of at least 4 members (excludes halogenated alkanes) is 18. The van der Waals surface area contributed by atoms with Crippen molar-refractivity contribution in [3.05, 3.63) is 0 Å². The smallest absolute Gasteiger partial charge is 0.328 e. The second kappa shape index (κ2) is 23.3. The van der Waals surface area contributed by atoms with E-state index in [1.165, 1.54) is 51.4 Å². The normalized spacial score (nSPS) is 13.6. The Morgan fingerprint density at radius 2 is 0.700 bits per heavy atom. The number of carbonyl (C=O) groups excluding carboxylic acids is 2. The first-order chi connectivity index (χ1) is 19.0. The summed E-state index contributed by atoms with van der Waals surface area (Å²) in [5, 5.41) is -5.68. The van der Waals surface area contributed by atoms with Crippen LogP contribution in [0.25, 0.3) is 0 Å². The number of carbonyl (C=O) groups is 2. The lowest BCUT2D eigenvalue weighted by atomic mass is 10.1. The maximum atomic E-state index is 12.5. The minimum atomic E-state index is -5.42. The monoisotopic (exact) mass is 614 g/mol. The van der Waals surface area contributed by atoms with Gasteiger partial charge in [-0.1, -0.05) is 129 Å². The Morgan fingerprint density at radius 1 is 0.475 bits per heavy atom. The maximum Gasteiger partial charge on any atom is 0.328 e. The van der Waals surface area contributed by atoms with Crippen LogP contribution in [0.4, 0.5) is 0 Å². The van der Waals surface area contributed by atoms with Crippen molar-refractivity contribution in [2.45, 2.75) is 153 Å². The highest BCUT2D eigenvalue weighted by Crippen LogP contribution is 2.18. The molecule has 0 saturated heterocycles. The van der Waals surface area contributed by atoms with Gasteiger partial charge in [-0.3, -0.25) is 18.7 Å². The lowest BCUT2D eigenvalue weighted by Crippen LogP contribution is -2.50. The van der Waals surface area contributed by atoms with Gasteiger partial charge in [0.15, 0.2) is 0 Å². The fourth-order valence-electron chi connectivity index (χ4n) is 4.49. The van der Waals surface area contributed by atoms with Crippen molar-refractivity contribution in [3.8, 4) is 0 Å². The van der Waals surface area contributed by atoms with Crippen LogP contribution in [-0.4, -0.2) is 61.6 Å². The summed E-state index contributed by atoms with van der Waals surface area (Å²) in [6.07, 6.45) is 20.3. The van der Waals surface area contributed by atoms with E-state index >= 15 is 0 Å². The number of ether oxygens (including phenoxy) is 2. The molecule has 0 heterocycles. The van der Waals surface area contributed by atoms with Crippen molar-refractivity contribution in [3.63, 3.8) is 0 Å². The molecule has 0 radical (unpaired) electrons. The first-order valence-electron chi connectivity index (χ1n) is 15.2. The van der Waals surface area contributed by atoms with Gasteiger partial charge in [-0.15, -0.1) is 0 Å². The molecular formula is C28H54O10S2. The van der Waals surface area contributed by atoms with E-state index in [1.807, 2.05) is 0 Å². The van der Waals surface area contributed by atoms with Crippen LogP contribution < -0.4 is 0 Å². The van der Waals surface area contributed by atoms with Crippen LogP contribution in [0.1, 0.15) is 142 Å². The van der Waals surface area contributed by atoms with Gasteiger partial charge < -0.3 is 9.47 Å². The highest BCUT2D eigenvalue weighted by Gasteiger charge is 2.52. The number of rotatable bonds is 27. The molecule has 0 saturated carbocycles. The van der Waals surface area contributed by atoms with Crippen molar-refractivity contribution < 1.29 is 45.0 Å². The highest BCUT2D eigenvalue weighted by atomic mass is 32.2. The van der Waals surface area contributed by atoms with Gasteiger partial charge in [-0.2, -0.15) is 16.8 Å². The van der Waals surface area contributed by atoms with Crippen molar-refractivity contribution in [1.29, 1.82) is 0 Å². The quantitative estimate of drug-likeness (QED) is 0.0599. The van der Waals surface area contributed by atoms with E-state index in [0.29, 0.717) is 25.7 Å². The first-order valence-corrected chi connectivity index (χ1v) is 18.2. The van der Waals surface area contributed by atoms with Gasteiger partial charge >= 0.3 is 11.9 Å². The van der Waals surface area contributed by atoms with Gasteiger partial charge in [0.2, 0.25) is 10.5 Å². The number of hydrogen-bond donors (Lipinski definition) is 2. The lowest BCUT2D eigenvalue weighted by Gasteiger charge is -2.20. The van der Waals surface area contributed by atoms with Gasteiger partial charge in [0.1, 0.15) is 0 Å².